The minimum Gasteiger partial charge on any atom is -0.345 e. The summed E-state index contributed by atoms with van der Waals surface area (Å²) >= 11 is 6.04. The van der Waals surface area contributed by atoms with E-state index in [9.17, 15) is 4.79 Å². The SMILES string of the molecule is Cc1cc(-c2cc(CCl)cc(C(=O)NCc3nc(C)cc(C)n3)c2)ccn1. The average molecular weight is 381 g/mol. The number of carbonyl (C=O) groups is 1. The minimum atomic E-state index is -0.184. The van der Waals surface area contributed by atoms with Gasteiger partial charge in [0.2, 0.25) is 0 Å². The van der Waals surface area contributed by atoms with Crippen molar-refractivity contribution in [3.05, 3.63) is 76.6 Å². The molecule has 0 fully saturated rings. The van der Waals surface area contributed by atoms with Gasteiger partial charge in [-0.05, 0) is 73.9 Å². The van der Waals surface area contributed by atoms with Crippen molar-refractivity contribution in [1.82, 2.24) is 20.3 Å². The standard InChI is InChI=1S/C21H21ClN4O/c1-13-7-17(4-5-23-13)18-8-16(11-22)9-19(10-18)21(27)24-12-20-25-14(2)6-15(3)26-20/h4-10H,11-12H2,1-3H3,(H,24,27). The molecule has 0 aliphatic carbocycles. The highest BCUT2D eigenvalue weighted by Crippen LogP contribution is 2.24. The Balaban J connectivity index is 1.84. The van der Waals surface area contributed by atoms with E-state index in [1.165, 1.54) is 0 Å². The molecule has 0 saturated heterocycles. The van der Waals surface area contributed by atoms with Crippen LogP contribution < -0.4 is 5.32 Å². The van der Waals surface area contributed by atoms with Gasteiger partial charge in [0.25, 0.3) is 5.91 Å². The molecule has 3 rings (SSSR count). The normalized spacial score (nSPS) is 10.7. The number of pyridine rings is 1. The molecule has 5 nitrogen and oxygen atoms in total. The predicted octanol–water partition coefficient (Wildman–Crippen LogP) is 4.13. The summed E-state index contributed by atoms with van der Waals surface area (Å²) in [5.41, 5.74) is 6.06. The summed E-state index contributed by atoms with van der Waals surface area (Å²) in [6.45, 7) is 6.03. The average Bonchev–Trinajstić information content (AvgIpc) is 2.65. The van der Waals surface area contributed by atoms with Crippen molar-refractivity contribution in [2.45, 2.75) is 33.2 Å². The number of hydrogen-bond acceptors (Lipinski definition) is 4. The first kappa shape index (κ1) is 19.0. The van der Waals surface area contributed by atoms with Crippen LogP contribution in [0.4, 0.5) is 0 Å². The van der Waals surface area contributed by atoms with Crippen molar-refractivity contribution in [2.24, 2.45) is 0 Å². The van der Waals surface area contributed by atoms with Crippen LogP contribution in [0.3, 0.4) is 0 Å². The number of amides is 1. The summed E-state index contributed by atoms with van der Waals surface area (Å²) in [6, 6.07) is 11.5. The second-order valence-corrected chi connectivity index (χ2v) is 6.76. The van der Waals surface area contributed by atoms with E-state index in [-0.39, 0.29) is 12.5 Å². The van der Waals surface area contributed by atoms with Crippen LogP contribution in [0.1, 0.15) is 38.8 Å². The largest absolute Gasteiger partial charge is 0.345 e. The summed E-state index contributed by atoms with van der Waals surface area (Å²) in [6.07, 6.45) is 1.76. The van der Waals surface area contributed by atoms with Gasteiger partial charge < -0.3 is 5.32 Å². The molecule has 3 aromatic rings. The molecule has 6 heteroatoms. The Bertz CT molecular complexity index is 967. The highest BCUT2D eigenvalue weighted by molar-refractivity contribution is 6.17. The zero-order valence-electron chi connectivity index (χ0n) is 15.6. The molecule has 2 aromatic heterocycles. The van der Waals surface area contributed by atoms with Gasteiger partial charge in [-0.3, -0.25) is 9.78 Å². The molecule has 27 heavy (non-hydrogen) atoms. The molecule has 0 spiro atoms. The van der Waals surface area contributed by atoms with E-state index < -0.39 is 0 Å². The molecule has 1 amide bonds. The summed E-state index contributed by atoms with van der Waals surface area (Å²) in [5.74, 6) is 0.745. The molecule has 0 bridgehead atoms. The maximum Gasteiger partial charge on any atom is 0.251 e. The van der Waals surface area contributed by atoms with Gasteiger partial charge in [0, 0.05) is 34.7 Å². The smallest absolute Gasteiger partial charge is 0.251 e. The fraction of sp³-hybridized carbons (Fsp3) is 0.238. The van der Waals surface area contributed by atoms with Crippen molar-refractivity contribution in [2.75, 3.05) is 0 Å². The Kier molecular flexibility index (Phi) is 5.81. The van der Waals surface area contributed by atoms with Crippen molar-refractivity contribution in [3.63, 3.8) is 0 Å². The zero-order chi connectivity index (χ0) is 19.4. The fourth-order valence-corrected chi connectivity index (χ4v) is 3.09. The Morgan fingerprint density at radius 2 is 1.70 bits per heavy atom. The van der Waals surface area contributed by atoms with E-state index in [0.717, 1.165) is 33.8 Å². The summed E-state index contributed by atoms with van der Waals surface area (Å²) in [4.78, 5) is 25.6. The Morgan fingerprint density at radius 1 is 0.963 bits per heavy atom. The first-order valence-corrected chi connectivity index (χ1v) is 9.20. The highest BCUT2D eigenvalue weighted by Gasteiger charge is 2.11. The minimum absolute atomic E-state index is 0.184. The predicted molar refractivity (Wildman–Crippen MR) is 107 cm³/mol. The Labute approximate surface area is 163 Å². The Hall–Kier alpha value is -2.79. The van der Waals surface area contributed by atoms with Crippen molar-refractivity contribution in [1.29, 1.82) is 0 Å². The lowest BCUT2D eigenvalue weighted by Crippen LogP contribution is -2.24. The van der Waals surface area contributed by atoms with Crippen LogP contribution >= 0.6 is 11.6 Å². The monoisotopic (exact) mass is 380 g/mol. The maximum absolute atomic E-state index is 12.7. The molecule has 0 radical (unpaired) electrons. The topological polar surface area (TPSA) is 67.8 Å². The lowest BCUT2D eigenvalue weighted by Gasteiger charge is -2.10. The molecule has 2 heterocycles. The molecule has 0 unspecified atom stereocenters. The number of halogens is 1. The molecule has 0 aliphatic rings. The van der Waals surface area contributed by atoms with E-state index in [4.69, 9.17) is 11.6 Å². The van der Waals surface area contributed by atoms with Gasteiger partial charge >= 0.3 is 0 Å². The third kappa shape index (κ3) is 4.89. The number of aryl methyl sites for hydroxylation is 3. The van der Waals surface area contributed by atoms with Crippen molar-refractivity contribution >= 4 is 17.5 Å². The molecule has 0 atom stereocenters. The quantitative estimate of drug-likeness (QED) is 0.675. The molecular weight excluding hydrogens is 360 g/mol. The summed E-state index contributed by atoms with van der Waals surface area (Å²) in [5, 5.41) is 2.89. The zero-order valence-corrected chi connectivity index (χ0v) is 16.3. The summed E-state index contributed by atoms with van der Waals surface area (Å²) in [7, 11) is 0. The third-order valence-corrected chi connectivity index (χ3v) is 4.38. The van der Waals surface area contributed by atoms with Crippen molar-refractivity contribution in [3.8, 4) is 11.1 Å². The number of nitrogens with one attached hydrogen (secondary N) is 1. The first-order chi connectivity index (χ1) is 12.9. The van der Waals surface area contributed by atoms with E-state index >= 15 is 0 Å². The first-order valence-electron chi connectivity index (χ1n) is 8.67. The Morgan fingerprint density at radius 3 is 2.37 bits per heavy atom. The maximum atomic E-state index is 12.7. The van der Waals surface area contributed by atoms with Crippen LogP contribution in [0.5, 0.6) is 0 Å². The van der Waals surface area contributed by atoms with Crippen LogP contribution in [0.25, 0.3) is 11.1 Å². The molecule has 0 saturated carbocycles. The van der Waals surface area contributed by atoms with Gasteiger partial charge in [-0.25, -0.2) is 9.97 Å². The number of benzene rings is 1. The van der Waals surface area contributed by atoms with E-state index in [0.29, 0.717) is 17.3 Å². The molecule has 138 valence electrons. The van der Waals surface area contributed by atoms with Gasteiger partial charge in [0.15, 0.2) is 0 Å². The number of nitrogens with zero attached hydrogens (tertiary/aromatic N) is 3. The molecule has 1 aromatic carbocycles. The lowest BCUT2D eigenvalue weighted by atomic mass is 10.00. The molecule has 1 N–H and O–H groups in total. The second-order valence-electron chi connectivity index (χ2n) is 6.49. The van der Waals surface area contributed by atoms with Gasteiger partial charge in [-0.2, -0.15) is 0 Å². The van der Waals surface area contributed by atoms with Crippen LogP contribution in [0.2, 0.25) is 0 Å². The van der Waals surface area contributed by atoms with Gasteiger partial charge in [0.05, 0.1) is 6.54 Å². The second kappa shape index (κ2) is 8.27. The number of rotatable bonds is 5. The number of carbonyl (C=O) groups excluding carboxylic acids is 1. The van der Waals surface area contributed by atoms with Crippen LogP contribution in [0.15, 0.2) is 42.6 Å². The lowest BCUT2D eigenvalue weighted by molar-refractivity contribution is 0.0949. The van der Waals surface area contributed by atoms with Crippen molar-refractivity contribution < 1.29 is 4.79 Å². The van der Waals surface area contributed by atoms with Crippen LogP contribution in [-0.2, 0) is 12.4 Å². The van der Waals surface area contributed by atoms with Gasteiger partial charge in [-0.15, -0.1) is 11.6 Å². The van der Waals surface area contributed by atoms with E-state index in [1.54, 1.807) is 6.20 Å². The van der Waals surface area contributed by atoms with Crippen LogP contribution in [-0.4, -0.2) is 20.9 Å². The molecule has 0 aliphatic heterocycles. The van der Waals surface area contributed by atoms with Gasteiger partial charge in [0.1, 0.15) is 5.82 Å². The van der Waals surface area contributed by atoms with Crippen LogP contribution in [0, 0.1) is 20.8 Å². The fourth-order valence-electron chi connectivity index (χ4n) is 2.93. The van der Waals surface area contributed by atoms with E-state index in [2.05, 4.69) is 20.3 Å². The number of hydrogen-bond donors (Lipinski definition) is 1. The highest BCUT2D eigenvalue weighted by atomic mass is 35.5. The number of alkyl halides is 1. The number of aromatic nitrogens is 3. The van der Waals surface area contributed by atoms with Gasteiger partial charge in [-0.1, -0.05) is 0 Å². The van der Waals surface area contributed by atoms with E-state index in [1.807, 2.05) is 57.2 Å². The third-order valence-electron chi connectivity index (χ3n) is 4.07. The summed E-state index contributed by atoms with van der Waals surface area (Å²) < 4.78 is 0. The molecular formula is C21H21ClN4O.